The molecule has 156 valence electrons. The predicted octanol–water partition coefficient (Wildman–Crippen LogP) is 4.09. The first-order chi connectivity index (χ1) is 14.4. The molecule has 30 heavy (non-hydrogen) atoms. The minimum Gasteiger partial charge on any atom is -0.324 e. The van der Waals surface area contributed by atoms with Crippen molar-refractivity contribution >= 4 is 21.6 Å². The number of hydrogen-bond acceptors (Lipinski definition) is 3. The Morgan fingerprint density at radius 1 is 0.900 bits per heavy atom. The maximum absolute atomic E-state index is 13.1. The zero-order chi connectivity index (χ0) is 21.6. The van der Waals surface area contributed by atoms with Crippen molar-refractivity contribution in [2.45, 2.75) is 37.6 Å². The van der Waals surface area contributed by atoms with Crippen molar-refractivity contribution in [3.05, 3.63) is 95.6 Å². The zero-order valence-electron chi connectivity index (χ0n) is 17.1. The van der Waals surface area contributed by atoms with Gasteiger partial charge in [0.25, 0.3) is 0 Å². The number of amides is 1. The fraction of sp³-hybridized carbons (Fsp3) is 0.208. The van der Waals surface area contributed by atoms with Gasteiger partial charge in [0.2, 0.25) is 15.9 Å². The molecule has 0 heterocycles. The highest BCUT2D eigenvalue weighted by atomic mass is 32.2. The fourth-order valence-corrected chi connectivity index (χ4v) is 4.38. The normalized spacial score (nSPS) is 12.3. The number of carbonyl (C=O) groups is 1. The summed E-state index contributed by atoms with van der Waals surface area (Å²) in [6.45, 7) is 3.90. The Morgan fingerprint density at radius 2 is 1.53 bits per heavy atom. The third-order valence-electron chi connectivity index (χ3n) is 4.88. The van der Waals surface area contributed by atoms with Crippen LogP contribution in [0.2, 0.25) is 0 Å². The van der Waals surface area contributed by atoms with E-state index in [0.717, 1.165) is 23.1 Å². The van der Waals surface area contributed by atoms with Gasteiger partial charge in [0.05, 0.1) is 4.90 Å². The minimum absolute atomic E-state index is 0.132. The average molecular weight is 423 g/mol. The average Bonchev–Trinajstić information content (AvgIpc) is 2.74. The van der Waals surface area contributed by atoms with Gasteiger partial charge < -0.3 is 5.32 Å². The van der Waals surface area contributed by atoms with E-state index in [9.17, 15) is 13.2 Å². The van der Waals surface area contributed by atoms with Crippen molar-refractivity contribution in [3.8, 4) is 0 Å². The van der Waals surface area contributed by atoms with E-state index in [2.05, 4.69) is 10.0 Å². The fourth-order valence-electron chi connectivity index (χ4n) is 3.18. The molecular formula is C24H26N2O3S. The van der Waals surface area contributed by atoms with Crippen LogP contribution in [0.1, 0.15) is 23.6 Å². The second-order valence-electron chi connectivity index (χ2n) is 7.18. The Labute approximate surface area is 178 Å². The molecule has 0 bridgehead atoms. The number of nitrogens with one attached hydrogen (secondary N) is 2. The van der Waals surface area contributed by atoms with Crippen LogP contribution in [0.4, 0.5) is 5.69 Å². The Bertz CT molecular complexity index is 1090. The van der Waals surface area contributed by atoms with Gasteiger partial charge in [-0.05, 0) is 49.1 Å². The first kappa shape index (κ1) is 21.7. The summed E-state index contributed by atoms with van der Waals surface area (Å²) in [6.07, 6.45) is 1.00. The van der Waals surface area contributed by atoms with E-state index in [1.165, 1.54) is 0 Å². The third kappa shape index (κ3) is 5.55. The lowest BCUT2D eigenvalue weighted by atomic mass is 10.1. The van der Waals surface area contributed by atoms with Crippen LogP contribution in [0, 0.1) is 6.92 Å². The van der Waals surface area contributed by atoms with E-state index < -0.39 is 22.0 Å². The lowest BCUT2D eigenvalue weighted by Gasteiger charge is -2.20. The zero-order valence-corrected chi connectivity index (χ0v) is 17.9. The summed E-state index contributed by atoms with van der Waals surface area (Å²) in [6, 6.07) is 22.5. The van der Waals surface area contributed by atoms with Crippen LogP contribution in [-0.2, 0) is 27.7 Å². The van der Waals surface area contributed by atoms with Crippen LogP contribution < -0.4 is 10.0 Å². The monoisotopic (exact) mass is 422 g/mol. The van der Waals surface area contributed by atoms with E-state index in [0.29, 0.717) is 5.69 Å². The summed E-state index contributed by atoms with van der Waals surface area (Å²) in [7, 11) is -3.86. The maximum atomic E-state index is 13.1. The molecule has 1 amide bonds. The smallest absolute Gasteiger partial charge is 0.242 e. The summed E-state index contributed by atoms with van der Waals surface area (Å²) < 4.78 is 28.5. The van der Waals surface area contributed by atoms with Crippen LogP contribution in [0.15, 0.2) is 83.8 Å². The molecule has 3 aromatic carbocycles. The van der Waals surface area contributed by atoms with Gasteiger partial charge in [0, 0.05) is 5.69 Å². The van der Waals surface area contributed by atoms with Gasteiger partial charge in [-0.25, -0.2) is 8.42 Å². The lowest BCUT2D eigenvalue weighted by Crippen LogP contribution is -2.45. The molecule has 0 aliphatic carbocycles. The SMILES string of the molecule is CCc1ccccc1NC(=O)[C@H](Cc1ccccc1)NS(=O)(=O)c1ccc(C)cc1. The molecule has 6 heteroatoms. The second kappa shape index (κ2) is 9.69. The molecule has 0 aliphatic rings. The number of benzene rings is 3. The quantitative estimate of drug-likeness (QED) is 0.574. The van der Waals surface area contributed by atoms with Crippen molar-refractivity contribution in [2.75, 3.05) is 5.32 Å². The number of anilines is 1. The Hall–Kier alpha value is -2.96. The van der Waals surface area contributed by atoms with E-state index >= 15 is 0 Å². The number of para-hydroxylation sites is 1. The van der Waals surface area contributed by atoms with Gasteiger partial charge in [0.1, 0.15) is 6.04 Å². The second-order valence-corrected chi connectivity index (χ2v) is 8.89. The molecule has 2 N–H and O–H groups in total. The maximum Gasteiger partial charge on any atom is 0.242 e. The standard InChI is InChI=1S/C24H26N2O3S/c1-3-20-11-7-8-12-22(20)25-24(27)23(17-19-9-5-4-6-10-19)26-30(28,29)21-15-13-18(2)14-16-21/h4-16,23,26H,3,17H2,1-2H3,(H,25,27)/t23-/m0/s1. The van der Waals surface area contributed by atoms with Gasteiger partial charge in [0.15, 0.2) is 0 Å². The third-order valence-corrected chi connectivity index (χ3v) is 6.37. The van der Waals surface area contributed by atoms with Crippen LogP contribution >= 0.6 is 0 Å². The topological polar surface area (TPSA) is 75.3 Å². The van der Waals surface area contributed by atoms with Crippen molar-refractivity contribution in [3.63, 3.8) is 0 Å². The van der Waals surface area contributed by atoms with Crippen molar-refractivity contribution < 1.29 is 13.2 Å². The van der Waals surface area contributed by atoms with E-state index in [1.54, 1.807) is 24.3 Å². The Kier molecular flexibility index (Phi) is 7.03. The number of hydrogen-bond donors (Lipinski definition) is 2. The van der Waals surface area contributed by atoms with Crippen LogP contribution in [0.25, 0.3) is 0 Å². The summed E-state index contributed by atoms with van der Waals surface area (Å²) in [5, 5.41) is 2.90. The molecule has 0 aliphatic heterocycles. The molecule has 1 atom stereocenters. The van der Waals surface area contributed by atoms with Gasteiger partial charge in [-0.15, -0.1) is 0 Å². The Morgan fingerprint density at radius 3 is 2.20 bits per heavy atom. The van der Waals surface area contributed by atoms with E-state index in [4.69, 9.17) is 0 Å². The van der Waals surface area contributed by atoms with E-state index in [-0.39, 0.29) is 11.3 Å². The molecular weight excluding hydrogens is 396 g/mol. The molecule has 0 aromatic heterocycles. The van der Waals surface area contributed by atoms with Crippen molar-refractivity contribution in [1.82, 2.24) is 4.72 Å². The number of rotatable bonds is 8. The Balaban J connectivity index is 1.88. The van der Waals surface area contributed by atoms with Crippen molar-refractivity contribution in [1.29, 1.82) is 0 Å². The molecule has 0 unspecified atom stereocenters. The molecule has 0 fully saturated rings. The summed E-state index contributed by atoms with van der Waals surface area (Å²) in [4.78, 5) is 13.2. The summed E-state index contributed by atoms with van der Waals surface area (Å²) >= 11 is 0. The van der Waals surface area contributed by atoms with Crippen molar-refractivity contribution in [2.24, 2.45) is 0 Å². The number of sulfonamides is 1. The van der Waals surface area contributed by atoms with Gasteiger partial charge >= 0.3 is 0 Å². The van der Waals surface area contributed by atoms with E-state index in [1.807, 2.05) is 68.4 Å². The molecule has 0 saturated carbocycles. The molecule has 0 saturated heterocycles. The van der Waals surface area contributed by atoms with Crippen LogP contribution in [-0.4, -0.2) is 20.4 Å². The molecule has 3 aromatic rings. The first-order valence-electron chi connectivity index (χ1n) is 9.90. The highest BCUT2D eigenvalue weighted by Crippen LogP contribution is 2.17. The number of carbonyl (C=O) groups excluding carboxylic acids is 1. The van der Waals surface area contributed by atoms with Gasteiger partial charge in [-0.1, -0.05) is 73.2 Å². The molecule has 0 radical (unpaired) electrons. The summed E-state index contributed by atoms with van der Waals surface area (Å²) in [5.74, 6) is -0.393. The number of aryl methyl sites for hydroxylation is 2. The molecule has 5 nitrogen and oxygen atoms in total. The highest BCUT2D eigenvalue weighted by Gasteiger charge is 2.26. The highest BCUT2D eigenvalue weighted by molar-refractivity contribution is 7.89. The van der Waals surface area contributed by atoms with Crippen LogP contribution in [0.3, 0.4) is 0 Å². The largest absolute Gasteiger partial charge is 0.324 e. The van der Waals surface area contributed by atoms with Crippen LogP contribution in [0.5, 0.6) is 0 Å². The minimum atomic E-state index is -3.86. The first-order valence-corrected chi connectivity index (χ1v) is 11.4. The predicted molar refractivity (Wildman–Crippen MR) is 120 cm³/mol. The molecule has 0 spiro atoms. The van der Waals surface area contributed by atoms with Gasteiger partial charge in [-0.2, -0.15) is 4.72 Å². The summed E-state index contributed by atoms with van der Waals surface area (Å²) in [5.41, 5.74) is 3.51. The van der Waals surface area contributed by atoms with Gasteiger partial charge in [-0.3, -0.25) is 4.79 Å². The molecule has 3 rings (SSSR count). The lowest BCUT2D eigenvalue weighted by molar-refractivity contribution is -0.117.